The molecule has 12 heteroatoms. The Balaban J connectivity index is 1.67. The van der Waals surface area contributed by atoms with E-state index in [1.165, 1.54) is 18.7 Å². The van der Waals surface area contributed by atoms with E-state index >= 15 is 0 Å². The molecule has 0 fully saturated rings. The van der Waals surface area contributed by atoms with E-state index in [0.717, 1.165) is 10.1 Å². The molecule has 0 radical (unpaired) electrons. The molecule has 0 unspecified atom stereocenters. The van der Waals surface area contributed by atoms with E-state index in [1.54, 1.807) is 41.0 Å². The molecule has 2 aromatic carbocycles. The molecule has 0 bridgehead atoms. The molecule has 5 rings (SSSR count). The zero-order valence-corrected chi connectivity index (χ0v) is 19.5. The summed E-state index contributed by atoms with van der Waals surface area (Å²) in [7, 11) is 2.92. The van der Waals surface area contributed by atoms with Gasteiger partial charge < -0.3 is 5.32 Å². The van der Waals surface area contributed by atoms with Gasteiger partial charge in [-0.2, -0.15) is 10.1 Å². The summed E-state index contributed by atoms with van der Waals surface area (Å²) in [4.78, 5) is 42.4. The number of para-hydroxylation sites is 1. The fraction of sp³-hybridized carbons (Fsp3) is 0.136. The standard InChI is InChI=1S/C22H17Cl2N7O3/c1-29-18-17(20(33)30(2)22(29)34)31(10-11-7-8-13(23)14(24)9-11)21(26-18)28-27-16-12-5-3-4-6-15(12)25-19(16)32/h3-9H,10H2,1-2H3,(H,26,28)(H,25,27,32). The van der Waals surface area contributed by atoms with Gasteiger partial charge in [0, 0.05) is 19.7 Å². The second kappa shape index (κ2) is 8.15. The Morgan fingerprint density at radius 1 is 1.03 bits per heavy atom. The monoisotopic (exact) mass is 497 g/mol. The van der Waals surface area contributed by atoms with E-state index in [9.17, 15) is 14.4 Å². The zero-order valence-electron chi connectivity index (χ0n) is 18.0. The van der Waals surface area contributed by atoms with Crippen molar-refractivity contribution in [3.63, 3.8) is 0 Å². The van der Waals surface area contributed by atoms with Crippen LogP contribution in [0.15, 0.2) is 57.2 Å². The number of hydrogen-bond donors (Lipinski definition) is 2. The Labute approximate surface area is 202 Å². The quantitative estimate of drug-likeness (QED) is 0.420. The van der Waals surface area contributed by atoms with Gasteiger partial charge in [-0.15, -0.1) is 0 Å². The number of anilines is 2. The van der Waals surface area contributed by atoms with Crippen LogP contribution in [0.4, 0.5) is 11.6 Å². The van der Waals surface area contributed by atoms with Gasteiger partial charge >= 0.3 is 5.69 Å². The maximum Gasteiger partial charge on any atom is 0.332 e. The van der Waals surface area contributed by atoms with Gasteiger partial charge in [-0.05, 0) is 23.8 Å². The molecular weight excluding hydrogens is 481 g/mol. The van der Waals surface area contributed by atoms with Crippen LogP contribution < -0.4 is 22.0 Å². The van der Waals surface area contributed by atoms with Gasteiger partial charge in [0.2, 0.25) is 5.95 Å². The number of fused-ring (bicyclic) bond motifs is 2. The van der Waals surface area contributed by atoms with Gasteiger partial charge in [0.25, 0.3) is 11.5 Å². The summed E-state index contributed by atoms with van der Waals surface area (Å²) in [6, 6.07) is 12.2. The highest BCUT2D eigenvalue weighted by molar-refractivity contribution is 6.53. The average Bonchev–Trinajstić information content (AvgIpc) is 3.34. The van der Waals surface area contributed by atoms with Crippen molar-refractivity contribution < 1.29 is 4.79 Å². The van der Waals surface area contributed by atoms with E-state index in [-0.39, 0.29) is 35.3 Å². The molecule has 10 nitrogen and oxygen atoms in total. The lowest BCUT2D eigenvalue weighted by atomic mass is 10.1. The summed E-state index contributed by atoms with van der Waals surface area (Å²) >= 11 is 12.2. The van der Waals surface area contributed by atoms with Crippen molar-refractivity contribution in [1.29, 1.82) is 0 Å². The van der Waals surface area contributed by atoms with Crippen LogP contribution in [0.5, 0.6) is 0 Å². The molecule has 172 valence electrons. The largest absolute Gasteiger partial charge is 0.332 e. The van der Waals surface area contributed by atoms with E-state index < -0.39 is 11.2 Å². The summed E-state index contributed by atoms with van der Waals surface area (Å²) in [6.45, 7) is 0.177. The number of hydrogen-bond acceptors (Lipinski definition) is 6. The number of hydrazone groups is 1. The molecule has 34 heavy (non-hydrogen) atoms. The first kappa shape index (κ1) is 21.9. The third-order valence-corrected chi connectivity index (χ3v) is 6.32. The minimum Gasteiger partial charge on any atom is -0.320 e. The second-order valence-corrected chi connectivity index (χ2v) is 8.53. The number of halogens is 2. The minimum absolute atomic E-state index is 0.170. The number of aryl methyl sites for hydroxylation is 1. The van der Waals surface area contributed by atoms with Crippen molar-refractivity contribution >= 4 is 57.6 Å². The Bertz CT molecular complexity index is 1650. The topological polar surface area (TPSA) is 115 Å². The number of carbonyl (C=O) groups is 1. The van der Waals surface area contributed by atoms with E-state index in [2.05, 4.69) is 20.8 Å². The van der Waals surface area contributed by atoms with Crippen molar-refractivity contribution in [2.45, 2.75) is 6.54 Å². The Hall–Kier alpha value is -3.89. The highest BCUT2D eigenvalue weighted by atomic mass is 35.5. The highest BCUT2D eigenvalue weighted by Gasteiger charge is 2.26. The van der Waals surface area contributed by atoms with Crippen molar-refractivity contribution in [2.24, 2.45) is 19.2 Å². The summed E-state index contributed by atoms with van der Waals surface area (Å²) in [5.41, 5.74) is 4.33. The normalized spacial score (nSPS) is 14.0. The van der Waals surface area contributed by atoms with Crippen LogP contribution in [0.25, 0.3) is 11.2 Å². The van der Waals surface area contributed by atoms with Crippen LogP contribution in [0.2, 0.25) is 10.0 Å². The molecule has 1 amide bonds. The molecule has 3 heterocycles. The van der Waals surface area contributed by atoms with Gasteiger partial charge in [0.05, 0.1) is 22.3 Å². The fourth-order valence-electron chi connectivity index (χ4n) is 3.83. The Morgan fingerprint density at radius 2 is 1.79 bits per heavy atom. The van der Waals surface area contributed by atoms with Crippen molar-refractivity contribution in [3.05, 3.63) is 84.5 Å². The zero-order chi connectivity index (χ0) is 24.1. The lowest BCUT2D eigenvalue weighted by Crippen LogP contribution is -2.37. The lowest BCUT2D eigenvalue weighted by molar-refractivity contribution is -0.110. The molecule has 0 saturated heterocycles. The summed E-state index contributed by atoms with van der Waals surface area (Å²) in [5, 5.41) is 7.78. The van der Waals surface area contributed by atoms with Crippen LogP contribution in [-0.4, -0.2) is 30.3 Å². The summed E-state index contributed by atoms with van der Waals surface area (Å²) < 4.78 is 3.86. The molecule has 4 aromatic rings. The number of amides is 1. The van der Waals surface area contributed by atoms with Gasteiger partial charge in [-0.3, -0.25) is 23.3 Å². The van der Waals surface area contributed by atoms with Crippen molar-refractivity contribution in [2.75, 3.05) is 10.7 Å². The van der Waals surface area contributed by atoms with Crippen LogP contribution >= 0.6 is 23.2 Å². The second-order valence-electron chi connectivity index (χ2n) is 7.72. The van der Waals surface area contributed by atoms with Crippen molar-refractivity contribution in [3.8, 4) is 0 Å². The predicted molar refractivity (Wildman–Crippen MR) is 131 cm³/mol. The van der Waals surface area contributed by atoms with Crippen LogP contribution in [-0.2, 0) is 25.4 Å². The molecule has 1 aliphatic heterocycles. The van der Waals surface area contributed by atoms with Crippen molar-refractivity contribution in [1.82, 2.24) is 18.7 Å². The Kier molecular flexibility index (Phi) is 5.26. The lowest BCUT2D eigenvalue weighted by Gasteiger charge is -2.10. The number of carbonyl (C=O) groups excluding carboxylic acids is 1. The van der Waals surface area contributed by atoms with E-state index in [0.29, 0.717) is 21.3 Å². The average molecular weight is 498 g/mol. The maximum atomic E-state index is 13.0. The molecule has 1 aliphatic rings. The third kappa shape index (κ3) is 3.47. The number of imidazole rings is 1. The number of rotatable bonds is 4. The first-order valence-corrected chi connectivity index (χ1v) is 10.9. The van der Waals surface area contributed by atoms with Gasteiger partial charge in [0.15, 0.2) is 16.9 Å². The maximum absolute atomic E-state index is 13.0. The Morgan fingerprint density at radius 3 is 2.56 bits per heavy atom. The van der Waals surface area contributed by atoms with Crippen LogP contribution in [0.1, 0.15) is 11.1 Å². The van der Waals surface area contributed by atoms with Crippen LogP contribution in [0.3, 0.4) is 0 Å². The first-order valence-electron chi connectivity index (χ1n) is 10.1. The third-order valence-electron chi connectivity index (χ3n) is 5.59. The SMILES string of the molecule is Cn1c(=O)c2c(nc(N/N=C3\C(=O)Nc4ccccc43)n2Cc2ccc(Cl)c(Cl)c2)n(C)c1=O. The molecule has 2 aromatic heterocycles. The molecule has 0 atom stereocenters. The molecule has 0 aliphatic carbocycles. The highest BCUT2D eigenvalue weighted by Crippen LogP contribution is 2.26. The summed E-state index contributed by atoms with van der Waals surface area (Å²) in [6.07, 6.45) is 0. The number of benzene rings is 2. The van der Waals surface area contributed by atoms with Crippen LogP contribution in [0, 0.1) is 0 Å². The molecule has 0 spiro atoms. The molecule has 2 N–H and O–H groups in total. The smallest absolute Gasteiger partial charge is 0.320 e. The van der Waals surface area contributed by atoms with Gasteiger partial charge in [-0.1, -0.05) is 47.5 Å². The molecule has 0 saturated carbocycles. The first-order chi connectivity index (χ1) is 16.3. The fourth-order valence-corrected chi connectivity index (χ4v) is 4.15. The van der Waals surface area contributed by atoms with E-state index in [4.69, 9.17) is 23.2 Å². The number of aromatic nitrogens is 4. The number of nitrogens with zero attached hydrogens (tertiary/aromatic N) is 5. The van der Waals surface area contributed by atoms with E-state index in [1.807, 2.05) is 6.07 Å². The van der Waals surface area contributed by atoms with Gasteiger partial charge in [-0.25, -0.2) is 10.2 Å². The predicted octanol–water partition coefficient (Wildman–Crippen LogP) is 2.56. The van der Waals surface area contributed by atoms with Gasteiger partial charge in [0.1, 0.15) is 0 Å². The molecular formula is C22H17Cl2N7O3. The number of nitrogens with one attached hydrogen (secondary N) is 2. The summed E-state index contributed by atoms with van der Waals surface area (Å²) in [5.74, 6) is -0.201. The minimum atomic E-state index is -0.518.